The maximum absolute atomic E-state index is 12.1. The summed E-state index contributed by atoms with van der Waals surface area (Å²) < 4.78 is 5.27. The Morgan fingerprint density at radius 1 is 1.21 bits per heavy atom. The second kappa shape index (κ2) is 10.8. The van der Waals surface area contributed by atoms with Gasteiger partial charge < -0.3 is 31.9 Å². The summed E-state index contributed by atoms with van der Waals surface area (Å²) in [5.41, 5.74) is 11.2. The van der Waals surface area contributed by atoms with Gasteiger partial charge in [0.05, 0.1) is 6.04 Å². The third-order valence-electron chi connectivity index (χ3n) is 4.12. The fourth-order valence-electron chi connectivity index (χ4n) is 2.68. The maximum Gasteiger partial charge on any atom is 0.404 e. The van der Waals surface area contributed by atoms with Crippen molar-refractivity contribution in [3.63, 3.8) is 0 Å². The first-order chi connectivity index (χ1) is 11.4. The quantitative estimate of drug-likeness (QED) is 0.337. The lowest BCUT2D eigenvalue weighted by Gasteiger charge is -2.25. The summed E-state index contributed by atoms with van der Waals surface area (Å²) in [6.45, 7) is 1.67. The summed E-state index contributed by atoms with van der Waals surface area (Å²) in [5, 5.41) is 13.3. The van der Waals surface area contributed by atoms with E-state index in [-0.39, 0.29) is 12.5 Å². The molecule has 1 heterocycles. The van der Waals surface area contributed by atoms with Crippen LogP contribution in [0.2, 0.25) is 0 Å². The lowest BCUT2D eigenvalue weighted by atomic mass is 9.92. The predicted octanol–water partition coefficient (Wildman–Crippen LogP) is -0.462. The number of carboxylic acid groups (broad SMARTS) is 1. The number of hydrogen-bond acceptors (Lipinski definition) is 5. The smallest absolute Gasteiger partial charge is 0.404 e. The van der Waals surface area contributed by atoms with Gasteiger partial charge in [0.2, 0.25) is 11.8 Å². The molecule has 0 saturated carbocycles. The minimum Gasteiger partial charge on any atom is -0.465 e. The van der Waals surface area contributed by atoms with Crippen LogP contribution >= 0.6 is 0 Å². The molecule has 2 atom stereocenters. The van der Waals surface area contributed by atoms with Crippen LogP contribution in [0.4, 0.5) is 4.79 Å². The largest absolute Gasteiger partial charge is 0.465 e. The van der Waals surface area contributed by atoms with Crippen LogP contribution in [-0.2, 0) is 14.3 Å². The number of rotatable bonds is 10. The van der Waals surface area contributed by atoms with Crippen molar-refractivity contribution in [2.24, 2.45) is 17.4 Å². The molecular weight excluding hydrogens is 316 g/mol. The van der Waals surface area contributed by atoms with Gasteiger partial charge in [0.15, 0.2) is 0 Å². The molecule has 0 spiro atoms. The van der Waals surface area contributed by atoms with E-state index in [1.54, 1.807) is 0 Å². The molecule has 0 aliphatic carbocycles. The van der Waals surface area contributed by atoms with Crippen molar-refractivity contribution in [1.29, 1.82) is 0 Å². The molecule has 0 radical (unpaired) electrons. The van der Waals surface area contributed by atoms with Crippen LogP contribution in [0.15, 0.2) is 0 Å². The molecule has 7 N–H and O–H groups in total. The summed E-state index contributed by atoms with van der Waals surface area (Å²) in [6.07, 6.45) is 2.71. The van der Waals surface area contributed by atoms with Crippen LogP contribution in [0, 0.1) is 5.92 Å². The van der Waals surface area contributed by atoms with Crippen LogP contribution in [0.25, 0.3) is 0 Å². The first-order valence-corrected chi connectivity index (χ1v) is 8.30. The molecule has 1 saturated heterocycles. The SMILES string of the molecule is NC(=O)[C@H](CCCCNC(=O)O)NC(=O)[C@@H](N)CC1CCOCC1. The van der Waals surface area contributed by atoms with Crippen molar-refractivity contribution in [3.05, 3.63) is 0 Å². The number of hydrogen-bond donors (Lipinski definition) is 5. The van der Waals surface area contributed by atoms with E-state index in [1.807, 2.05) is 0 Å². The zero-order chi connectivity index (χ0) is 17.9. The van der Waals surface area contributed by atoms with Crippen molar-refractivity contribution in [2.75, 3.05) is 19.8 Å². The Labute approximate surface area is 141 Å². The molecule has 1 fully saturated rings. The standard InChI is InChI=1S/C15H28N4O5/c16-11(9-10-4-7-24-8-5-10)14(21)19-12(13(17)20)3-1-2-6-18-15(22)23/h10-12,18H,1-9,16H2,(H2,17,20)(H,19,21)(H,22,23)/t11-,12-/m0/s1. The lowest BCUT2D eigenvalue weighted by molar-refractivity contribution is -0.128. The minimum atomic E-state index is -1.09. The van der Waals surface area contributed by atoms with Gasteiger partial charge in [-0.25, -0.2) is 4.79 Å². The zero-order valence-corrected chi connectivity index (χ0v) is 13.8. The Morgan fingerprint density at radius 3 is 2.46 bits per heavy atom. The molecule has 3 amide bonds. The second-order valence-corrected chi connectivity index (χ2v) is 6.09. The Kier molecular flexibility index (Phi) is 9.10. The third-order valence-corrected chi connectivity index (χ3v) is 4.12. The summed E-state index contributed by atoms with van der Waals surface area (Å²) >= 11 is 0. The molecule has 0 aromatic heterocycles. The summed E-state index contributed by atoms with van der Waals surface area (Å²) in [6, 6.07) is -1.47. The summed E-state index contributed by atoms with van der Waals surface area (Å²) in [4.78, 5) is 33.9. The van der Waals surface area contributed by atoms with Crippen molar-refractivity contribution < 1.29 is 24.2 Å². The van der Waals surface area contributed by atoms with Crippen molar-refractivity contribution in [3.8, 4) is 0 Å². The average Bonchev–Trinajstić information content (AvgIpc) is 2.53. The molecule has 24 heavy (non-hydrogen) atoms. The summed E-state index contributed by atoms with van der Waals surface area (Å²) in [7, 11) is 0. The highest BCUT2D eigenvalue weighted by atomic mass is 16.5. The van der Waals surface area contributed by atoms with Crippen LogP contribution in [0.1, 0.15) is 38.5 Å². The van der Waals surface area contributed by atoms with E-state index < -0.39 is 24.1 Å². The van der Waals surface area contributed by atoms with Gasteiger partial charge in [-0.15, -0.1) is 0 Å². The topological polar surface area (TPSA) is 157 Å². The molecule has 0 unspecified atom stereocenters. The Balaban J connectivity index is 2.32. The fraction of sp³-hybridized carbons (Fsp3) is 0.800. The predicted molar refractivity (Wildman–Crippen MR) is 87.1 cm³/mol. The molecule has 138 valence electrons. The number of carbonyl (C=O) groups is 3. The minimum absolute atomic E-state index is 0.290. The first kappa shape index (κ1) is 20.2. The van der Waals surface area contributed by atoms with E-state index in [9.17, 15) is 14.4 Å². The Morgan fingerprint density at radius 2 is 1.88 bits per heavy atom. The summed E-state index contributed by atoms with van der Waals surface area (Å²) in [5.74, 6) is -0.643. The van der Waals surface area contributed by atoms with Crippen molar-refractivity contribution in [2.45, 2.75) is 50.6 Å². The van der Waals surface area contributed by atoms with Gasteiger partial charge in [-0.1, -0.05) is 0 Å². The molecule has 1 aliphatic heterocycles. The van der Waals surface area contributed by atoms with Gasteiger partial charge in [0.1, 0.15) is 6.04 Å². The van der Waals surface area contributed by atoms with E-state index in [1.165, 1.54) is 0 Å². The number of amides is 3. The van der Waals surface area contributed by atoms with Gasteiger partial charge in [0, 0.05) is 19.8 Å². The second-order valence-electron chi connectivity index (χ2n) is 6.09. The molecular formula is C15H28N4O5. The lowest BCUT2D eigenvalue weighted by Crippen LogP contribution is -2.51. The normalized spacial score (nSPS) is 17.7. The van der Waals surface area contributed by atoms with E-state index in [4.69, 9.17) is 21.3 Å². The first-order valence-electron chi connectivity index (χ1n) is 8.30. The van der Waals surface area contributed by atoms with Gasteiger partial charge in [0.25, 0.3) is 0 Å². The number of nitrogens with one attached hydrogen (secondary N) is 2. The van der Waals surface area contributed by atoms with E-state index >= 15 is 0 Å². The highest BCUT2D eigenvalue weighted by Crippen LogP contribution is 2.19. The number of unbranched alkanes of at least 4 members (excludes halogenated alkanes) is 1. The zero-order valence-electron chi connectivity index (χ0n) is 13.8. The average molecular weight is 344 g/mol. The van der Waals surface area contributed by atoms with Crippen molar-refractivity contribution in [1.82, 2.24) is 10.6 Å². The molecule has 1 aliphatic rings. The van der Waals surface area contributed by atoms with E-state index in [2.05, 4.69) is 10.6 Å². The highest BCUT2D eigenvalue weighted by molar-refractivity contribution is 5.88. The molecule has 9 nitrogen and oxygen atoms in total. The van der Waals surface area contributed by atoms with Crippen molar-refractivity contribution >= 4 is 17.9 Å². The van der Waals surface area contributed by atoms with Crippen LogP contribution < -0.4 is 22.1 Å². The highest BCUT2D eigenvalue weighted by Gasteiger charge is 2.25. The monoisotopic (exact) mass is 344 g/mol. The molecule has 0 aromatic carbocycles. The van der Waals surface area contributed by atoms with Crippen LogP contribution in [-0.4, -0.2) is 54.9 Å². The maximum atomic E-state index is 12.1. The molecule has 0 aromatic rings. The van der Waals surface area contributed by atoms with Gasteiger partial charge in [-0.3, -0.25) is 9.59 Å². The molecule has 9 heteroatoms. The van der Waals surface area contributed by atoms with E-state index in [0.717, 1.165) is 12.8 Å². The number of nitrogens with two attached hydrogens (primary N) is 2. The Hall–Kier alpha value is -1.87. The number of ether oxygens (including phenoxy) is 1. The number of carbonyl (C=O) groups excluding carboxylic acids is 2. The fourth-order valence-corrected chi connectivity index (χ4v) is 2.68. The van der Waals surface area contributed by atoms with Gasteiger partial charge in [-0.05, 0) is 44.4 Å². The number of primary amides is 1. The van der Waals surface area contributed by atoms with Crippen LogP contribution in [0.3, 0.4) is 0 Å². The van der Waals surface area contributed by atoms with E-state index in [0.29, 0.717) is 44.8 Å². The Bertz CT molecular complexity index is 426. The van der Waals surface area contributed by atoms with Gasteiger partial charge in [-0.2, -0.15) is 0 Å². The van der Waals surface area contributed by atoms with Crippen LogP contribution in [0.5, 0.6) is 0 Å². The molecule has 1 rings (SSSR count). The third kappa shape index (κ3) is 8.11. The van der Waals surface area contributed by atoms with Gasteiger partial charge >= 0.3 is 6.09 Å². The molecule has 0 bridgehead atoms.